The predicted molar refractivity (Wildman–Crippen MR) is 71.6 cm³/mol. The van der Waals surface area contributed by atoms with E-state index in [4.69, 9.17) is 11.5 Å². The van der Waals surface area contributed by atoms with Gasteiger partial charge in [-0.05, 0) is 30.2 Å². The summed E-state index contributed by atoms with van der Waals surface area (Å²) in [5, 5.41) is 0.496. The molecule has 0 unspecified atom stereocenters. The Hall–Kier alpha value is -1.82. The normalized spacial score (nSPS) is 10.6. The van der Waals surface area contributed by atoms with E-state index in [0.29, 0.717) is 22.5 Å². The molecular weight excluding hydrogens is 251 g/mol. The van der Waals surface area contributed by atoms with E-state index >= 15 is 0 Å². The van der Waals surface area contributed by atoms with Crippen molar-refractivity contribution in [3.05, 3.63) is 41.2 Å². The molecular formula is C12H13FN4S. The summed E-state index contributed by atoms with van der Waals surface area (Å²) in [6, 6.07) is 6.20. The van der Waals surface area contributed by atoms with Gasteiger partial charge in [0.15, 0.2) is 5.16 Å². The van der Waals surface area contributed by atoms with E-state index < -0.39 is 0 Å². The van der Waals surface area contributed by atoms with Crippen LogP contribution < -0.4 is 11.5 Å². The van der Waals surface area contributed by atoms with Crippen LogP contribution in [0.15, 0.2) is 29.4 Å². The highest BCUT2D eigenvalue weighted by Crippen LogP contribution is 2.23. The van der Waals surface area contributed by atoms with Crippen molar-refractivity contribution in [1.82, 2.24) is 9.97 Å². The highest BCUT2D eigenvalue weighted by molar-refractivity contribution is 7.98. The first kappa shape index (κ1) is 12.6. The molecule has 0 aliphatic heterocycles. The predicted octanol–water partition coefficient (Wildman–Crippen LogP) is 2.38. The third-order valence-corrected chi connectivity index (χ3v) is 3.31. The highest BCUT2D eigenvalue weighted by atomic mass is 32.2. The number of thioether (sulfide) groups is 1. The monoisotopic (exact) mass is 264 g/mol. The second kappa shape index (κ2) is 5.22. The molecule has 0 aliphatic carbocycles. The molecule has 1 aromatic carbocycles. The number of hydrogen-bond acceptors (Lipinski definition) is 5. The molecule has 0 bridgehead atoms. The van der Waals surface area contributed by atoms with Gasteiger partial charge in [-0.2, -0.15) is 0 Å². The van der Waals surface area contributed by atoms with Crippen molar-refractivity contribution in [3.8, 4) is 0 Å². The fraction of sp³-hybridized carbons (Fsp3) is 0.167. The van der Waals surface area contributed by atoms with Gasteiger partial charge in [-0.3, -0.25) is 0 Å². The summed E-state index contributed by atoms with van der Waals surface area (Å²) in [5.74, 6) is 0.998. The number of aryl methyl sites for hydroxylation is 1. The first-order chi connectivity index (χ1) is 8.54. The van der Waals surface area contributed by atoms with Crippen LogP contribution >= 0.6 is 11.8 Å². The number of anilines is 2. The minimum Gasteiger partial charge on any atom is -0.383 e. The van der Waals surface area contributed by atoms with Crippen LogP contribution in [-0.4, -0.2) is 9.97 Å². The third-order valence-electron chi connectivity index (χ3n) is 2.41. The Balaban J connectivity index is 2.13. The Morgan fingerprint density at radius 3 is 2.50 bits per heavy atom. The second-order valence-electron chi connectivity index (χ2n) is 3.86. The van der Waals surface area contributed by atoms with Crippen molar-refractivity contribution in [2.75, 3.05) is 11.5 Å². The Bertz CT molecular complexity index is 554. The summed E-state index contributed by atoms with van der Waals surface area (Å²) >= 11 is 1.38. The van der Waals surface area contributed by atoms with E-state index in [1.807, 2.05) is 6.92 Å². The van der Waals surface area contributed by atoms with E-state index in [2.05, 4.69) is 9.97 Å². The Morgan fingerprint density at radius 1 is 1.17 bits per heavy atom. The van der Waals surface area contributed by atoms with Gasteiger partial charge in [0.05, 0.1) is 0 Å². The van der Waals surface area contributed by atoms with E-state index in [0.717, 1.165) is 11.1 Å². The van der Waals surface area contributed by atoms with Crippen LogP contribution in [0.5, 0.6) is 0 Å². The molecule has 0 amide bonds. The molecule has 0 atom stereocenters. The number of rotatable bonds is 3. The quantitative estimate of drug-likeness (QED) is 0.657. The van der Waals surface area contributed by atoms with Crippen LogP contribution in [0.25, 0.3) is 0 Å². The Morgan fingerprint density at radius 2 is 1.83 bits per heavy atom. The number of aromatic nitrogens is 2. The van der Waals surface area contributed by atoms with Gasteiger partial charge in [-0.15, -0.1) is 0 Å². The highest BCUT2D eigenvalue weighted by Gasteiger charge is 2.05. The molecule has 2 aromatic rings. The van der Waals surface area contributed by atoms with Crippen molar-refractivity contribution >= 4 is 23.4 Å². The second-order valence-corrected chi connectivity index (χ2v) is 4.80. The third kappa shape index (κ3) is 3.10. The maximum atomic E-state index is 13.1. The molecule has 0 saturated heterocycles. The number of nitrogens with zero attached hydrogens (tertiary/aromatic N) is 2. The van der Waals surface area contributed by atoms with Crippen molar-refractivity contribution in [3.63, 3.8) is 0 Å². The molecule has 1 aromatic heterocycles. The van der Waals surface area contributed by atoms with Gasteiger partial charge in [0.25, 0.3) is 0 Å². The van der Waals surface area contributed by atoms with Crippen molar-refractivity contribution in [1.29, 1.82) is 0 Å². The number of halogens is 1. The van der Waals surface area contributed by atoms with Gasteiger partial charge in [0, 0.05) is 11.8 Å². The van der Waals surface area contributed by atoms with Gasteiger partial charge in [-0.25, -0.2) is 14.4 Å². The van der Waals surface area contributed by atoms with Crippen LogP contribution in [0.4, 0.5) is 16.0 Å². The van der Waals surface area contributed by atoms with Crippen LogP contribution in [0.3, 0.4) is 0 Å². The number of benzene rings is 1. The minimum absolute atomic E-state index is 0.246. The molecule has 2 rings (SSSR count). The number of nitrogen functional groups attached to an aromatic ring is 2. The zero-order valence-corrected chi connectivity index (χ0v) is 10.7. The minimum atomic E-state index is -0.246. The summed E-state index contributed by atoms with van der Waals surface area (Å²) in [6.07, 6.45) is 0. The molecule has 6 heteroatoms. The lowest BCUT2D eigenvalue weighted by molar-refractivity contribution is 0.626. The summed E-state index contributed by atoms with van der Waals surface area (Å²) < 4.78 is 13.1. The lowest BCUT2D eigenvalue weighted by atomic mass is 10.1. The maximum absolute atomic E-state index is 13.1. The molecule has 0 fully saturated rings. The average molecular weight is 264 g/mol. The summed E-state index contributed by atoms with van der Waals surface area (Å²) in [4.78, 5) is 8.11. The molecule has 0 saturated carbocycles. The fourth-order valence-electron chi connectivity index (χ4n) is 1.46. The Labute approximate surface area is 109 Å². The van der Waals surface area contributed by atoms with E-state index in [-0.39, 0.29) is 5.82 Å². The van der Waals surface area contributed by atoms with Gasteiger partial charge in [0.1, 0.15) is 17.5 Å². The first-order valence-electron chi connectivity index (χ1n) is 5.32. The summed E-state index contributed by atoms with van der Waals surface area (Å²) in [7, 11) is 0. The van der Waals surface area contributed by atoms with Gasteiger partial charge < -0.3 is 11.5 Å². The smallest absolute Gasteiger partial charge is 0.191 e. The van der Waals surface area contributed by atoms with Crippen LogP contribution in [0, 0.1) is 12.7 Å². The van der Waals surface area contributed by atoms with Crippen LogP contribution in [-0.2, 0) is 5.75 Å². The maximum Gasteiger partial charge on any atom is 0.191 e. The van der Waals surface area contributed by atoms with Crippen LogP contribution in [0.2, 0.25) is 0 Å². The lowest BCUT2D eigenvalue weighted by Gasteiger charge is -2.06. The van der Waals surface area contributed by atoms with Crippen molar-refractivity contribution in [2.24, 2.45) is 0 Å². The van der Waals surface area contributed by atoms with Gasteiger partial charge in [0.2, 0.25) is 0 Å². The molecule has 1 heterocycles. The largest absolute Gasteiger partial charge is 0.383 e. The number of nitrogens with two attached hydrogens (primary N) is 2. The SMILES string of the molecule is Cc1ccc(F)cc1CSc1nc(N)cc(N)n1. The molecule has 94 valence electrons. The lowest BCUT2D eigenvalue weighted by Crippen LogP contribution is -1.99. The standard InChI is InChI=1S/C12H13FN4S/c1-7-2-3-9(13)4-8(7)6-18-12-16-10(14)5-11(15)17-12/h2-5H,6H2,1H3,(H4,14,15,16,17). The van der Waals surface area contributed by atoms with E-state index in [1.54, 1.807) is 6.07 Å². The summed E-state index contributed by atoms with van der Waals surface area (Å²) in [5.41, 5.74) is 13.1. The number of hydrogen-bond donors (Lipinski definition) is 2. The molecule has 4 nitrogen and oxygen atoms in total. The molecule has 18 heavy (non-hydrogen) atoms. The molecule has 0 spiro atoms. The fourth-order valence-corrected chi connectivity index (χ4v) is 2.40. The molecule has 4 N–H and O–H groups in total. The Kier molecular flexibility index (Phi) is 3.66. The van der Waals surface area contributed by atoms with E-state index in [1.165, 1.54) is 30.0 Å². The first-order valence-corrected chi connectivity index (χ1v) is 6.31. The van der Waals surface area contributed by atoms with Gasteiger partial charge in [-0.1, -0.05) is 17.8 Å². The van der Waals surface area contributed by atoms with Crippen LogP contribution in [0.1, 0.15) is 11.1 Å². The zero-order chi connectivity index (χ0) is 13.1. The molecule has 0 aliphatic rings. The summed E-state index contributed by atoms with van der Waals surface area (Å²) in [6.45, 7) is 1.93. The van der Waals surface area contributed by atoms with E-state index in [9.17, 15) is 4.39 Å². The van der Waals surface area contributed by atoms with Crippen molar-refractivity contribution < 1.29 is 4.39 Å². The molecule has 0 radical (unpaired) electrons. The average Bonchev–Trinajstić information content (AvgIpc) is 2.29. The topological polar surface area (TPSA) is 77.8 Å². The zero-order valence-electron chi connectivity index (χ0n) is 9.85. The van der Waals surface area contributed by atoms with Crippen molar-refractivity contribution in [2.45, 2.75) is 17.8 Å². The van der Waals surface area contributed by atoms with Gasteiger partial charge >= 0.3 is 0 Å².